The fourth-order valence-corrected chi connectivity index (χ4v) is 3.71. The Morgan fingerprint density at radius 3 is 2.61 bits per heavy atom. The molecular weight excluding hydrogens is 418 g/mol. The third-order valence-electron chi connectivity index (χ3n) is 4.45. The Hall–Kier alpha value is -3.99. The maximum atomic E-state index is 9.46. The topological polar surface area (TPSA) is 129 Å². The lowest BCUT2D eigenvalue weighted by atomic mass is 10.1. The van der Waals surface area contributed by atoms with Crippen LogP contribution >= 0.6 is 11.8 Å². The van der Waals surface area contributed by atoms with E-state index in [2.05, 4.69) is 30.9 Å². The van der Waals surface area contributed by atoms with Crippen molar-refractivity contribution in [2.75, 3.05) is 0 Å². The minimum Gasteiger partial charge on any atom is -0.508 e. The molecule has 31 heavy (non-hydrogen) atoms. The third kappa shape index (κ3) is 3.78. The molecule has 0 fully saturated rings. The van der Waals surface area contributed by atoms with Gasteiger partial charge in [-0.1, -0.05) is 47.3 Å². The van der Waals surface area contributed by atoms with Gasteiger partial charge in [-0.05, 0) is 41.6 Å². The van der Waals surface area contributed by atoms with Gasteiger partial charge in [0.25, 0.3) is 5.89 Å². The Kier molecular flexibility index (Phi) is 4.92. The second-order valence-corrected chi connectivity index (χ2v) is 7.45. The van der Waals surface area contributed by atoms with Gasteiger partial charge in [0.15, 0.2) is 0 Å². The smallest absolute Gasteiger partial charge is 0.253 e. The van der Waals surface area contributed by atoms with Crippen molar-refractivity contribution in [3.63, 3.8) is 0 Å². The SMILES string of the molecule is Cc1onc(-c2ccccc2)c1-c1nnc(CSc2nnnn2-c2ccc(O)cc2)o1. The van der Waals surface area contributed by atoms with Crippen LogP contribution in [0.4, 0.5) is 0 Å². The van der Waals surface area contributed by atoms with Gasteiger partial charge in [-0.2, -0.15) is 4.68 Å². The second kappa shape index (κ2) is 8.03. The molecule has 5 aromatic rings. The highest BCUT2D eigenvalue weighted by molar-refractivity contribution is 7.98. The molecule has 0 saturated heterocycles. The highest BCUT2D eigenvalue weighted by Crippen LogP contribution is 2.34. The summed E-state index contributed by atoms with van der Waals surface area (Å²) in [6.45, 7) is 1.80. The van der Waals surface area contributed by atoms with Crippen LogP contribution in [0.15, 0.2) is 68.7 Å². The summed E-state index contributed by atoms with van der Waals surface area (Å²) in [5.41, 5.74) is 2.95. The molecule has 10 nitrogen and oxygen atoms in total. The normalized spacial score (nSPS) is 11.1. The van der Waals surface area contributed by atoms with Crippen molar-refractivity contribution < 1.29 is 14.0 Å². The number of rotatable bonds is 6. The van der Waals surface area contributed by atoms with E-state index in [0.29, 0.717) is 39.7 Å². The van der Waals surface area contributed by atoms with Crippen molar-refractivity contribution in [3.05, 3.63) is 66.2 Å². The molecule has 0 saturated carbocycles. The predicted octanol–water partition coefficient (Wildman–Crippen LogP) is 3.67. The lowest BCUT2D eigenvalue weighted by Gasteiger charge is -2.03. The number of nitrogens with zero attached hydrogens (tertiary/aromatic N) is 7. The maximum Gasteiger partial charge on any atom is 0.253 e. The molecule has 154 valence electrons. The zero-order valence-electron chi connectivity index (χ0n) is 16.2. The average Bonchev–Trinajstić information content (AvgIpc) is 3.53. The largest absolute Gasteiger partial charge is 0.508 e. The number of phenolic OH excluding ortho intramolecular Hbond substituents is 1. The molecule has 0 atom stereocenters. The molecule has 0 spiro atoms. The summed E-state index contributed by atoms with van der Waals surface area (Å²) in [5.74, 6) is 1.89. The lowest BCUT2D eigenvalue weighted by molar-refractivity contribution is 0.399. The molecule has 0 aliphatic rings. The first-order valence-corrected chi connectivity index (χ1v) is 10.2. The van der Waals surface area contributed by atoms with Gasteiger partial charge in [0.2, 0.25) is 11.0 Å². The fraction of sp³-hybridized carbons (Fsp3) is 0.100. The highest BCUT2D eigenvalue weighted by atomic mass is 32.2. The van der Waals surface area contributed by atoms with E-state index in [1.165, 1.54) is 11.8 Å². The molecule has 3 heterocycles. The summed E-state index contributed by atoms with van der Waals surface area (Å²) in [7, 11) is 0. The Morgan fingerprint density at radius 1 is 1.00 bits per heavy atom. The van der Waals surface area contributed by atoms with Crippen LogP contribution in [0.3, 0.4) is 0 Å². The van der Waals surface area contributed by atoms with E-state index in [1.807, 2.05) is 30.3 Å². The predicted molar refractivity (Wildman–Crippen MR) is 110 cm³/mol. The number of hydrogen-bond acceptors (Lipinski definition) is 10. The molecule has 0 bridgehead atoms. The summed E-state index contributed by atoms with van der Waals surface area (Å²) in [5, 5.41) is 34.3. The summed E-state index contributed by atoms with van der Waals surface area (Å²) in [4.78, 5) is 0. The van der Waals surface area contributed by atoms with Gasteiger partial charge in [-0.25, -0.2) is 0 Å². The van der Waals surface area contributed by atoms with Crippen molar-refractivity contribution >= 4 is 11.8 Å². The fourth-order valence-electron chi connectivity index (χ4n) is 2.98. The van der Waals surface area contributed by atoms with Gasteiger partial charge < -0.3 is 14.0 Å². The minimum atomic E-state index is 0.170. The molecule has 11 heteroatoms. The van der Waals surface area contributed by atoms with E-state index in [1.54, 1.807) is 35.9 Å². The first-order chi connectivity index (χ1) is 15.2. The molecule has 0 aliphatic carbocycles. The van der Waals surface area contributed by atoms with Crippen molar-refractivity contribution in [1.82, 2.24) is 35.6 Å². The molecule has 0 amide bonds. The Balaban J connectivity index is 1.36. The highest BCUT2D eigenvalue weighted by Gasteiger charge is 2.22. The van der Waals surface area contributed by atoms with Gasteiger partial charge in [-0.15, -0.1) is 15.3 Å². The summed E-state index contributed by atoms with van der Waals surface area (Å²) < 4.78 is 12.8. The van der Waals surface area contributed by atoms with Gasteiger partial charge >= 0.3 is 0 Å². The van der Waals surface area contributed by atoms with Crippen molar-refractivity contribution in [1.29, 1.82) is 0 Å². The molecule has 5 rings (SSSR count). The van der Waals surface area contributed by atoms with Crippen LogP contribution in [0.25, 0.3) is 28.4 Å². The number of phenols is 1. The van der Waals surface area contributed by atoms with Crippen LogP contribution in [0.2, 0.25) is 0 Å². The van der Waals surface area contributed by atoms with Crippen LogP contribution in [-0.4, -0.2) is 40.7 Å². The van der Waals surface area contributed by atoms with Crippen molar-refractivity contribution in [2.24, 2.45) is 0 Å². The first-order valence-electron chi connectivity index (χ1n) is 9.24. The number of benzene rings is 2. The van der Waals surface area contributed by atoms with Crippen molar-refractivity contribution in [3.8, 4) is 34.1 Å². The van der Waals surface area contributed by atoms with E-state index in [0.717, 1.165) is 11.3 Å². The average molecular weight is 433 g/mol. The molecule has 0 aliphatic heterocycles. The van der Waals surface area contributed by atoms with E-state index in [9.17, 15) is 5.11 Å². The number of thioether (sulfide) groups is 1. The minimum absolute atomic E-state index is 0.170. The van der Waals surface area contributed by atoms with Crippen LogP contribution in [0, 0.1) is 6.92 Å². The number of hydrogen-bond donors (Lipinski definition) is 1. The van der Waals surface area contributed by atoms with Crippen molar-refractivity contribution in [2.45, 2.75) is 17.8 Å². The van der Waals surface area contributed by atoms with E-state index in [-0.39, 0.29) is 5.75 Å². The Bertz CT molecular complexity index is 1310. The standard InChI is InChI=1S/C20H15N7O3S/c1-12-17(18(24-30-12)13-5-3-2-4-6-13)19-22-21-16(29-19)11-31-20-23-25-26-27(20)14-7-9-15(28)10-8-14/h2-10,28H,11H2,1H3. The number of aromatic nitrogens is 7. The molecule has 3 aromatic heterocycles. The van der Waals surface area contributed by atoms with Crippen LogP contribution in [0.5, 0.6) is 5.75 Å². The van der Waals surface area contributed by atoms with E-state index < -0.39 is 0 Å². The molecule has 0 unspecified atom stereocenters. The van der Waals surface area contributed by atoms with E-state index in [4.69, 9.17) is 8.94 Å². The van der Waals surface area contributed by atoms with Crippen LogP contribution in [-0.2, 0) is 5.75 Å². The number of aromatic hydroxyl groups is 1. The second-order valence-electron chi connectivity index (χ2n) is 6.51. The van der Waals surface area contributed by atoms with Gasteiger partial charge in [0, 0.05) is 5.56 Å². The molecular formula is C20H15N7O3S. The summed E-state index contributed by atoms with van der Waals surface area (Å²) in [6.07, 6.45) is 0. The quantitative estimate of drug-likeness (QED) is 0.396. The molecule has 0 radical (unpaired) electrons. The number of tetrazole rings is 1. The zero-order valence-corrected chi connectivity index (χ0v) is 17.0. The Labute approximate surface area is 179 Å². The van der Waals surface area contributed by atoms with Crippen LogP contribution in [0.1, 0.15) is 11.7 Å². The van der Waals surface area contributed by atoms with Gasteiger partial charge in [0.05, 0.1) is 11.4 Å². The monoisotopic (exact) mass is 433 g/mol. The number of aryl methyl sites for hydroxylation is 1. The first kappa shape index (κ1) is 19.0. The van der Waals surface area contributed by atoms with E-state index >= 15 is 0 Å². The summed E-state index contributed by atoms with van der Waals surface area (Å²) >= 11 is 1.35. The van der Waals surface area contributed by atoms with Crippen LogP contribution < -0.4 is 0 Å². The lowest BCUT2D eigenvalue weighted by Crippen LogP contribution is -1.98. The van der Waals surface area contributed by atoms with Gasteiger partial charge in [0.1, 0.15) is 22.8 Å². The van der Waals surface area contributed by atoms with Gasteiger partial charge in [-0.3, -0.25) is 0 Å². The molecule has 1 N–H and O–H groups in total. The Morgan fingerprint density at radius 2 is 1.81 bits per heavy atom. The summed E-state index contributed by atoms with van der Waals surface area (Å²) in [6, 6.07) is 16.3. The zero-order chi connectivity index (χ0) is 21.2. The molecule has 2 aromatic carbocycles. The maximum absolute atomic E-state index is 9.46. The third-order valence-corrected chi connectivity index (χ3v) is 5.35.